The van der Waals surface area contributed by atoms with Gasteiger partial charge in [-0.05, 0) is 29.2 Å². The third-order valence-electron chi connectivity index (χ3n) is 4.04. The highest BCUT2D eigenvalue weighted by atomic mass is 16.1. The molecule has 0 aliphatic heterocycles. The zero-order valence-electron chi connectivity index (χ0n) is 13.6. The van der Waals surface area contributed by atoms with E-state index >= 15 is 0 Å². The summed E-state index contributed by atoms with van der Waals surface area (Å²) in [5.41, 5.74) is 2.83. The van der Waals surface area contributed by atoms with Gasteiger partial charge in [-0.1, -0.05) is 56.3 Å². The lowest BCUT2D eigenvalue weighted by atomic mass is 9.97. The van der Waals surface area contributed by atoms with Crippen molar-refractivity contribution in [1.82, 2.24) is 5.32 Å². The average Bonchev–Trinajstić information content (AvgIpc) is 2.62. The van der Waals surface area contributed by atoms with E-state index in [1.165, 1.54) is 0 Å². The number of hydrogen-bond donors (Lipinski definition) is 1. The fourth-order valence-corrected chi connectivity index (χ4v) is 2.57. The molecule has 2 aromatic carbocycles. The second-order valence-electron chi connectivity index (χ2n) is 5.71. The molecular weight excluding hydrogens is 284 g/mol. The molecule has 0 saturated heterocycles. The third-order valence-corrected chi connectivity index (χ3v) is 4.04. The van der Waals surface area contributed by atoms with Crippen molar-refractivity contribution < 1.29 is 4.79 Å². The van der Waals surface area contributed by atoms with E-state index in [1.54, 1.807) is 0 Å². The normalized spacial score (nSPS) is 13.1. The maximum Gasteiger partial charge on any atom is 0.153 e. The summed E-state index contributed by atoms with van der Waals surface area (Å²) in [4.78, 5) is 12.2. The van der Waals surface area contributed by atoms with E-state index in [-0.39, 0.29) is 17.7 Å². The molecule has 2 unspecified atom stereocenters. The van der Waals surface area contributed by atoms with E-state index in [0.717, 1.165) is 11.1 Å². The van der Waals surface area contributed by atoms with Crippen LogP contribution in [0.4, 0.5) is 0 Å². The Balaban J connectivity index is 2.05. The van der Waals surface area contributed by atoms with Crippen LogP contribution >= 0.6 is 0 Å². The van der Waals surface area contributed by atoms with Crippen LogP contribution in [-0.2, 0) is 4.79 Å². The Bertz CT molecular complexity index is 671. The van der Waals surface area contributed by atoms with Crippen molar-refractivity contribution in [3.05, 3.63) is 71.3 Å². The predicted octanol–water partition coefficient (Wildman–Crippen LogP) is 3.97. The molecule has 0 aromatic heterocycles. The van der Waals surface area contributed by atoms with Gasteiger partial charge in [0, 0.05) is 13.0 Å². The first-order chi connectivity index (χ1) is 11.2. The highest BCUT2D eigenvalue weighted by Gasteiger charge is 2.19. The predicted molar refractivity (Wildman–Crippen MR) is 92.1 cm³/mol. The van der Waals surface area contributed by atoms with Crippen LogP contribution < -0.4 is 5.32 Å². The van der Waals surface area contributed by atoms with Gasteiger partial charge in [0.2, 0.25) is 0 Å². The van der Waals surface area contributed by atoms with Crippen molar-refractivity contribution in [1.29, 1.82) is 5.26 Å². The van der Waals surface area contributed by atoms with Crippen LogP contribution in [0.2, 0.25) is 0 Å². The highest BCUT2D eigenvalue weighted by Crippen LogP contribution is 2.19. The van der Waals surface area contributed by atoms with Gasteiger partial charge in [-0.15, -0.1) is 0 Å². The van der Waals surface area contributed by atoms with E-state index in [9.17, 15) is 4.79 Å². The quantitative estimate of drug-likeness (QED) is 0.842. The van der Waals surface area contributed by atoms with Crippen LogP contribution in [0.25, 0.3) is 0 Å². The van der Waals surface area contributed by atoms with Crippen molar-refractivity contribution in [2.75, 3.05) is 6.54 Å². The van der Waals surface area contributed by atoms with E-state index in [0.29, 0.717) is 18.5 Å². The lowest BCUT2D eigenvalue weighted by molar-refractivity contribution is -0.120. The Hall–Kier alpha value is -2.44. The van der Waals surface area contributed by atoms with Gasteiger partial charge >= 0.3 is 0 Å². The summed E-state index contributed by atoms with van der Waals surface area (Å²) in [6.07, 6.45) is 0.512. The first kappa shape index (κ1) is 16.9. The number of nitrogens with zero attached hydrogens (tertiary/aromatic N) is 1. The molecule has 3 heteroatoms. The molecule has 1 N–H and O–H groups in total. The molecule has 0 heterocycles. The zero-order chi connectivity index (χ0) is 16.7. The Morgan fingerprint density at radius 2 is 1.74 bits per heavy atom. The lowest BCUT2D eigenvalue weighted by Gasteiger charge is -2.20. The van der Waals surface area contributed by atoms with E-state index in [2.05, 4.69) is 18.3 Å². The SMILES string of the molecule is CCC(=O)C(NCC(C)c1ccc(C#N)cc1)c1ccccc1. The lowest BCUT2D eigenvalue weighted by Crippen LogP contribution is -2.31. The first-order valence-corrected chi connectivity index (χ1v) is 7.96. The molecule has 0 amide bonds. The number of hydrogen-bond acceptors (Lipinski definition) is 3. The van der Waals surface area contributed by atoms with Crippen molar-refractivity contribution in [2.45, 2.75) is 32.2 Å². The molecule has 0 fully saturated rings. The number of nitriles is 1. The van der Waals surface area contributed by atoms with Gasteiger partial charge in [0.1, 0.15) is 0 Å². The number of benzene rings is 2. The smallest absolute Gasteiger partial charge is 0.153 e. The zero-order valence-corrected chi connectivity index (χ0v) is 13.6. The van der Waals surface area contributed by atoms with Crippen LogP contribution in [0.15, 0.2) is 54.6 Å². The van der Waals surface area contributed by atoms with Crippen LogP contribution in [0.3, 0.4) is 0 Å². The molecule has 0 saturated carbocycles. The molecule has 23 heavy (non-hydrogen) atoms. The minimum absolute atomic E-state index is 0.197. The minimum atomic E-state index is -0.262. The second-order valence-corrected chi connectivity index (χ2v) is 5.71. The van der Waals surface area contributed by atoms with Gasteiger partial charge in [0.05, 0.1) is 17.7 Å². The fourth-order valence-electron chi connectivity index (χ4n) is 2.57. The number of ketones is 1. The second kappa shape index (κ2) is 8.26. The molecule has 0 bridgehead atoms. The standard InChI is InChI=1S/C20H22N2O/c1-3-19(23)20(18-7-5-4-6-8-18)22-14-15(2)17-11-9-16(13-21)10-12-17/h4-12,15,20,22H,3,14H2,1-2H3. The summed E-state index contributed by atoms with van der Waals surface area (Å²) in [6, 6.07) is 19.3. The molecule has 0 radical (unpaired) electrons. The molecule has 3 nitrogen and oxygen atoms in total. The summed E-state index contributed by atoms with van der Waals surface area (Å²) in [5.74, 6) is 0.460. The van der Waals surface area contributed by atoms with Crippen LogP contribution in [0, 0.1) is 11.3 Å². The Labute approximate surface area is 138 Å². The molecule has 2 aromatic rings. The number of carbonyl (C=O) groups excluding carboxylic acids is 1. The summed E-state index contributed by atoms with van der Waals surface area (Å²) < 4.78 is 0. The summed E-state index contributed by atoms with van der Waals surface area (Å²) in [7, 11) is 0. The Morgan fingerprint density at radius 3 is 2.30 bits per heavy atom. The van der Waals surface area contributed by atoms with Crippen molar-refractivity contribution in [3.63, 3.8) is 0 Å². The third kappa shape index (κ3) is 4.51. The first-order valence-electron chi connectivity index (χ1n) is 7.96. The van der Waals surface area contributed by atoms with E-state index < -0.39 is 0 Å². The molecule has 0 spiro atoms. The Kier molecular flexibility index (Phi) is 6.08. The molecule has 2 rings (SSSR count). The van der Waals surface area contributed by atoms with Crippen LogP contribution in [-0.4, -0.2) is 12.3 Å². The molecule has 2 atom stereocenters. The summed E-state index contributed by atoms with van der Waals surface area (Å²) >= 11 is 0. The number of nitrogens with one attached hydrogen (secondary N) is 1. The van der Waals surface area contributed by atoms with Crippen molar-refractivity contribution >= 4 is 5.78 Å². The maximum absolute atomic E-state index is 12.2. The molecule has 118 valence electrons. The number of rotatable bonds is 7. The van der Waals surface area contributed by atoms with Gasteiger partial charge < -0.3 is 5.32 Å². The summed E-state index contributed by atoms with van der Waals surface area (Å²) in [6.45, 7) is 4.72. The van der Waals surface area contributed by atoms with Crippen LogP contribution in [0.5, 0.6) is 0 Å². The average molecular weight is 306 g/mol. The number of carbonyl (C=O) groups is 1. The summed E-state index contributed by atoms with van der Waals surface area (Å²) in [5, 5.41) is 12.3. The maximum atomic E-state index is 12.2. The monoisotopic (exact) mass is 306 g/mol. The van der Waals surface area contributed by atoms with Crippen molar-refractivity contribution in [3.8, 4) is 6.07 Å². The number of Topliss-reactive ketones (excluding diaryl/α,β-unsaturated/α-hetero) is 1. The topological polar surface area (TPSA) is 52.9 Å². The van der Waals surface area contributed by atoms with Gasteiger partial charge in [0.25, 0.3) is 0 Å². The largest absolute Gasteiger partial charge is 0.303 e. The fraction of sp³-hybridized carbons (Fsp3) is 0.300. The Morgan fingerprint density at radius 1 is 1.09 bits per heavy atom. The highest BCUT2D eigenvalue weighted by molar-refractivity contribution is 5.85. The van der Waals surface area contributed by atoms with E-state index in [1.807, 2.05) is 61.5 Å². The van der Waals surface area contributed by atoms with Gasteiger partial charge in [-0.2, -0.15) is 5.26 Å². The van der Waals surface area contributed by atoms with Crippen LogP contribution in [0.1, 0.15) is 48.9 Å². The van der Waals surface area contributed by atoms with Crippen molar-refractivity contribution in [2.24, 2.45) is 0 Å². The molecule has 0 aliphatic carbocycles. The van der Waals surface area contributed by atoms with Gasteiger partial charge in [-0.25, -0.2) is 0 Å². The van der Waals surface area contributed by atoms with Gasteiger partial charge in [-0.3, -0.25) is 4.79 Å². The van der Waals surface area contributed by atoms with Gasteiger partial charge in [0.15, 0.2) is 5.78 Å². The molecule has 0 aliphatic rings. The minimum Gasteiger partial charge on any atom is -0.303 e. The molecular formula is C20H22N2O. The van der Waals surface area contributed by atoms with E-state index in [4.69, 9.17) is 5.26 Å².